The Balaban J connectivity index is 2.08. The van der Waals surface area contributed by atoms with Crippen molar-refractivity contribution in [3.63, 3.8) is 0 Å². The predicted octanol–water partition coefficient (Wildman–Crippen LogP) is 1.90. The number of carboxylic acid groups (broad SMARTS) is 1. The normalized spacial score (nSPS) is 42.4. The molecule has 0 aliphatic heterocycles. The molecule has 0 saturated heterocycles. The average molecular weight is 154 g/mol. The van der Waals surface area contributed by atoms with Crippen molar-refractivity contribution in [2.75, 3.05) is 0 Å². The van der Waals surface area contributed by atoms with Gasteiger partial charge in [-0.15, -0.1) is 0 Å². The highest BCUT2D eigenvalue weighted by Crippen LogP contribution is 2.44. The molecule has 3 rings (SSSR count). The highest BCUT2D eigenvalue weighted by Gasteiger charge is 2.39. The highest BCUT2D eigenvalue weighted by atomic mass is 16.4. The van der Waals surface area contributed by atoms with E-state index in [-0.39, 0.29) is 5.92 Å². The minimum atomic E-state index is -0.556. The molecule has 3 saturated carbocycles. The second kappa shape index (κ2) is 2.50. The Hall–Kier alpha value is -0.530. The second-order valence-corrected chi connectivity index (χ2v) is 3.96. The molecule has 0 radical (unpaired) electrons. The lowest BCUT2D eigenvalue weighted by molar-refractivity contribution is -0.147. The zero-order valence-electron chi connectivity index (χ0n) is 6.62. The van der Waals surface area contributed by atoms with Crippen molar-refractivity contribution in [2.45, 2.75) is 32.1 Å². The zero-order valence-corrected chi connectivity index (χ0v) is 6.62. The van der Waals surface area contributed by atoms with Gasteiger partial charge in [-0.25, -0.2) is 0 Å². The maximum Gasteiger partial charge on any atom is 0.306 e. The Labute approximate surface area is 66.6 Å². The predicted molar refractivity (Wildman–Crippen MR) is 41.2 cm³/mol. The van der Waals surface area contributed by atoms with Crippen molar-refractivity contribution < 1.29 is 9.90 Å². The number of fused-ring (bicyclic) bond motifs is 3. The summed E-state index contributed by atoms with van der Waals surface area (Å²) in [6.07, 6.45) is 5.87. The summed E-state index contributed by atoms with van der Waals surface area (Å²) in [5.74, 6) is 0.695. The number of hydrogen-bond acceptors (Lipinski definition) is 1. The topological polar surface area (TPSA) is 37.3 Å². The van der Waals surface area contributed by atoms with E-state index >= 15 is 0 Å². The number of carboxylic acids is 1. The first-order valence-electron chi connectivity index (χ1n) is 4.50. The fraction of sp³-hybridized carbons (Fsp3) is 0.889. The summed E-state index contributed by atoms with van der Waals surface area (Å²) in [7, 11) is 0. The molecule has 0 aromatic carbocycles. The summed E-state index contributed by atoms with van der Waals surface area (Å²) in [6, 6.07) is 0. The van der Waals surface area contributed by atoms with E-state index in [0.717, 1.165) is 12.3 Å². The van der Waals surface area contributed by atoms with E-state index in [1.165, 1.54) is 25.7 Å². The largest absolute Gasteiger partial charge is 0.481 e. The van der Waals surface area contributed by atoms with E-state index in [1.807, 2.05) is 0 Å². The maximum atomic E-state index is 10.7. The first kappa shape index (κ1) is 7.14. The molecule has 0 heterocycles. The third kappa shape index (κ3) is 1.15. The van der Waals surface area contributed by atoms with Crippen molar-refractivity contribution in [3.05, 3.63) is 0 Å². The molecule has 62 valence electrons. The molecule has 0 amide bonds. The van der Waals surface area contributed by atoms with Crippen LogP contribution in [-0.4, -0.2) is 11.1 Å². The van der Waals surface area contributed by atoms with Crippen LogP contribution in [0.2, 0.25) is 0 Å². The first-order valence-corrected chi connectivity index (χ1v) is 4.50. The van der Waals surface area contributed by atoms with Gasteiger partial charge in [0.15, 0.2) is 0 Å². The van der Waals surface area contributed by atoms with Crippen molar-refractivity contribution in [3.8, 4) is 0 Å². The van der Waals surface area contributed by atoms with Gasteiger partial charge in [0.05, 0.1) is 5.92 Å². The van der Waals surface area contributed by atoms with Crippen LogP contribution in [-0.2, 0) is 4.79 Å². The molecule has 3 aliphatic carbocycles. The summed E-state index contributed by atoms with van der Waals surface area (Å²) in [4.78, 5) is 10.7. The molecule has 1 N–H and O–H groups in total. The quantitative estimate of drug-likeness (QED) is 0.626. The van der Waals surface area contributed by atoms with Crippen molar-refractivity contribution in [1.82, 2.24) is 0 Å². The van der Waals surface area contributed by atoms with Gasteiger partial charge in [0, 0.05) is 0 Å². The Morgan fingerprint density at radius 1 is 1.18 bits per heavy atom. The van der Waals surface area contributed by atoms with Crippen molar-refractivity contribution >= 4 is 5.97 Å². The summed E-state index contributed by atoms with van der Waals surface area (Å²) >= 11 is 0. The van der Waals surface area contributed by atoms with Gasteiger partial charge < -0.3 is 5.11 Å². The molecule has 0 aromatic heterocycles. The molecule has 2 nitrogen and oxygen atoms in total. The monoisotopic (exact) mass is 154 g/mol. The van der Waals surface area contributed by atoms with Gasteiger partial charge in [-0.2, -0.15) is 0 Å². The van der Waals surface area contributed by atoms with Crippen LogP contribution in [0, 0.1) is 17.8 Å². The fourth-order valence-corrected chi connectivity index (χ4v) is 2.68. The van der Waals surface area contributed by atoms with E-state index in [9.17, 15) is 4.79 Å². The highest BCUT2D eigenvalue weighted by molar-refractivity contribution is 5.70. The van der Waals surface area contributed by atoms with Crippen LogP contribution in [0.5, 0.6) is 0 Å². The third-order valence-corrected chi connectivity index (χ3v) is 3.36. The summed E-state index contributed by atoms with van der Waals surface area (Å²) < 4.78 is 0. The van der Waals surface area contributed by atoms with Gasteiger partial charge in [-0.3, -0.25) is 4.79 Å². The Kier molecular flexibility index (Phi) is 1.63. The Morgan fingerprint density at radius 2 is 1.82 bits per heavy atom. The minimum absolute atomic E-state index is 0.00231. The molecule has 2 bridgehead atoms. The third-order valence-electron chi connectivity index (χ3n) is 3.36. The van der Waals surface area contributed by atoms with E-state index in [4.69, 9.17) is 5.11 Å². The molecule has 0 spiro atoms. The van der Waals surface area contributed by atoms with Crippen LogP contribution in [0.25, 0.3) is 0 Å². The maximum absolute atomic E-state index is 10.7. The number of rotatable bonds is 1. The summed E-state index contributed by atoms with van der Waals surface area (Å²) in [6.45, 7) is 0. The zero-order chi connectivity index (χ0) is 7.84. The standard InChI is InChI=1S/C9H14O2/c10-9(11)8-5-6-1-3-7(8)4-2-6/h6-8H,1-5H2,(H,10,11). The van der Waals surface area contributed by atoms with Gasteiger partial charge >= 0.3 is 5.97 Å². The van der Waals surface area contributed by atoms with E-state index < -0.39 is 5.97 Å². The van der Waals surface area contributed by atoms with Crippen LogP contribution in [0.1, 0.15) is 32.1 Å². The lowest BCUT2D eigenvalue weighted by Gasteiger charge is -2.40. The van der Waals surface area contributed by atoms with Crippen LogP contribution >= 0.6 is 0 Å². The molecule has 11 heavy (non-hydrogen) atoms. The van der Waals surface area contributed by atoms with Gasteiger partial charge in [-0.05, 0) is 31.1 Å². The van der Waals surface area contributed by atoms with Gasteiger partial charge in [0.25, 0.3) is 0 Å². The average Bonchev–Trinajstić information content (AvgIpc) is 2.06. The lowest BCUT2D eigenvalue weighted by atomic mass is 9.65. The molecule has 3 fully saturated rings. The lowest BCUT2D eigenvalue weighted by Crippen LogP contribution is -2.35. The second-order valence-electron chi connectivity index (χ2n) is 3.96. The van der Waals surface area contributed by atoms with E-state index in [1.54, 1.807) is 0 Å². The number of carbonyl (C=O) groups is 1. The fourth-order valence-electron chi connectivity index (χ4n) is 2.68. The number of hydrogen-bond donors (Lipinski definition) is 1. The molecular formula is C9H14O2. The molecule has 3 aliphatic rings. The van der Waals surface area contributed by atoms with Crippen LogP contribution < -0.4 is 0 Å². The molecule has 0 aromatic rings. The van der Waals surface area contributed by atoms with Crippen molar-refractivity contribution in [2.24, 2.45) is 17.8 Å². The molecular weight excluding hydrogens is 140 g/mol. The smallest absolute Gasteiger partial charge is 0.306 e. The summed E-state index contributed by atoms with van der Waals surface area (Å²) in [5.41, 5.74) is 0. The molecule has 1 atom stereocenters. The number of aliphatic carboxylic acids is 1. The van der Waals surface area contributed by atoms with E-state index in [2.05, 4.69) is 0 Å². The Morgan fingerprint density at radius 3 is 2.09 bits per heavy atom. The van der Waals surface area contributed by atoms with Crippen LogP contribution in [0.15, 0.2) is 0 Å². The minimum Gasteiger partial charge on any atom is -0.481 e. The van der Waals surface area contributed by atoms with Crippen LogP contribution in [0.3, 0.4) is 0 Å². The first-order chi connectivity index (χ1) is 5.27. The van der Waals surface area contributed by atoms with Crippen LogP contribution in [0.4, 0.5) is 0 Å². The molecule has 1 unspecified atom stereocenters. The van der Waals surface area contributed by atoms with Gasteiger partial charge in [-0.1, -0.05) is 12.8 Å². The molecule has 2 heteroatoms. The van der Waals surface area contributed by atoms with Gasteiger partial charge in [0.2, 0.25) is 0 Å². The van der Waals surface area contributed by atoms with Gasteiger partial charge in [0.1, 0.15) is 0 Å². The SMILES string of the molecule is O=C(O)C1CC2CCC1CC2. The van der Waals surface area contributed by atoms with Crippen molar-refractivity contribution in [1.29, 1.82) is 0 Å². The van der Waals surface area contributed by atoms with E-state index in [0.29, 0.717) is 5.92 Å². The Bertz CT molecular complexity index is 168. The summed E-state index contributed by atoms with van der Waals surface area (Å²) in [5, 5.41) is 8.86.